The second kappa shape index (κ2) is 7.46. The number of hydrogen-bond acceptors (Lipinski definition) is 6. The normalized spacial score (nSPS) is 17.7. The van der Waals surface area contributed by atoms with Crippen LogP contribution in [0.3, 0.4) is 0 Å². The maximum Gasteiger partial charge on any atom is 0.269 e. The summed E-state index contributed by atoms with van der Waals surface area (Å²) in [6, 6.07) is 5.70. The number of non-ortho nitro benzene ring substituents is 1. The maximum atomic E-state index is 12.7. The number of nitro benzene ring substituents is 1. The molecule has 1 aliphatic rings. The van der Waals surface area contributed by atoms with E-state index in [4.69, 9.17) is 4.42 Å². The van der Waals surface area contributed by atoms with Crippen molar-refractivity contribution >= 4 is 11.6 Å². The Hall–Kier alpha value is -2.77. The summed E-state index contributed by atoms with van der Waals surface area (Å²) in [7, 11) is 0. The van der Waals surface area contributed by atoms with Crippen LogP contribution in [0.1, 0.15) is 61.7 Å². The number of hydrogen-bond donors (Lipinski definition) is 0. The number of nitrogens with zero attached hydrogens (tertiary/aromatic N) is 4. The number of rotatable bonds is 4. The van der Waals surface area contributed by atoms with Crippen molar-refractivity contribution in [3.8, 4) is 0 Å². The number of carbonyl (C=O) groups excluding carboxylic acids is 1. The fourth-order valence-electron chi connectivity index (χ4n) is 3.23. The molecule has 1 unspecified atom stereocenters. The topological polar surface area (TPSA) is 102 Å². The molecule has 0 bridgehead atoms. The van der Waals surface area contributed by atoms with Gasteiger partial charge in [0.1, 0.15) is 0 Å². The fourth-order valence-corrected chi connectivity index (χ4v) is 3.23. The molecule has 3 rings (SSSR count). The van der Waals surface area contributed by atoms with E-state index in [9.17, 15) is 14.9 Å². The minimum atomic E-state index is -0.476. The number of likely N-dealkylation sites (tertiary alicyclic amines) is 1. The van der Waals surface area contributed by atoms with Crippen LogP contribution in [0.5, 0.6) is 0 Å². The molecule has 144 valence electrons. The van der Waals surface area contributed by atoms with Crippen molar-refractivity contribution < 1.29 is 14.1 Å². The van der Waals surface area contributed by atoms with Crippen LogP contribution < -0.4 is 0 Å². The molecule has 2 aromatic rings. The molecule has 1 saturated heterocycles. The van der Waals surface area contributed by atoms with E-state index in [0.717, 1.165) is 12.8 Å². The molecule has 0 aliphatic carbocycles. The highest BCUT2D eigenvalue weighted by molar-refractivity contribution is 5.94. The predicted octanol–water partition coefficient (Wildman–Crippen LogP) is 3.59. The van der Waals surface area contributed by atoms with Gasteiger partial charge in [0.2, 0.25) is 11.8 Å². The molecule has 0 saturated carbocycles. The zero-order valence-electron chi connectivity index (χ0n) is 15.8. The molecule has 1 fully saturated rings. The summed E-state index contributed by atoms with van der Waals surface area (Å²) in [6.45, 7) is 7.49. The minimum absolute atomic E-state index is 0.0157. The van der Waals surface area contributed by atoms with Crippen molar-refractivity contribution in [1.29, 1.82) is 0 Å². The first-order chi connectivity index (χ1) is 12.7. The van der Waals surface area contributed by atoms with Gasteiger partial charge in [-0.15, -0.1) is 10.2 Å². The number of amides is 1. The van der Waals surface area contributed by atoms with E-state index in [1.807, 2.05) is 0 Å². The summed E-state index contributed by atoms with van der Waals surface area (Å²) >= 11 is 0. The van der Waals surface area contributed by atoms with E-state index >= 15 is 0 Å². The lowest BCUT2D eigenvalue weighted by Gasteiger charge is -2.31. The molecular weight excluding hydrogens is 348 g/mol. The van der Waals surface area contributed by atoms with Crippen molar-refractivity contribution in [3.05, 3.63) is 51.7 Å². The molecule has 0 radical (unpaired) electrons. The second-order valence-corrected chi connectivity index (χ2v) is 8.17. The molecular formula is C19H24N4O4. The third-order valence-electron chi connectivity index (χ3n) is 4.55. The van der Waals surface area contributed by atoms with E-state index in [0.29, 0.717) is 36.9 Å². The molecule has 8 nitrogen and oxygen atoms in total. The largest absolute Gasteiger partial charge is 0.425 e. The molecule has 27 heavy (non-hydrogen) atoms. The van der Waals surface area contributed by atoms with Gasteiger partial charge in [-0.25, -0.2) is 0 Å². The lowest BCUT2D eigenvalue weighted by atomic mass is 9.92. The summed E-state index contributed by atoms with van der Waals surface area (Å²) in [5.41, 5.74) is 0.481. The maximum absolute atomic E-state index is 12.7. The zero-order chi connectivity index (χ0) is 19.6. The predicted molar refractivity (Wildman–Crippen MR) is 98.4 cm³/mol. The van der Waals surface area contributed by atoms with Crippen LogP contribution in [-0.2, 0) is 6.42 Å². The molecule has 1 aromatic carbocycles. The zero-order valence-corrected chi connectivity index (χ0v) is 15.8. The van der Waals surface area contributed by atoms with Gasteiger partial charge in [0.15, 0.2) is 0 Å². The Balaban J connectivity index is 1.68. The second-order valence-electron chi connectivity index (χ2n) is 8.17. The first-order valence-corrected chi connectivity index (χ1v) is 9.09. The lowest BCUT2D eigenvalue weighted by molar-refractivity contribution is -0.384. The minimum Gasteiger partial charge on any atom is -0.425 e. The van der Waals surface area contributed by atoms with Crippen molar-refractivity contribution in [3.63, 3.8) is 0 Å². The van der Waals surface area contributed by atoms with Gasteiger partial charge >= 0.3 is 0 Å². The van der Waals surface area contributed by atoms with Gasteiger partial charge in [0.25, 0.3) is 11.6 Å². The SMILES string of the molecule is CC(C)(C)Cc1nnc(C2CCCN(C(=O)c3ccc([N+](=O)[O-])cc3)C2)o1. The Kier molecular flexibility index (Phi) is 5.25. The van der Waals surface area contributed by atoms with Crippen LogP contribution in [-0.4, -0.2) is 39.0 Å². The average Bonchev–Trinajstić information content (AvgIpc) is 3.08. The van der Waals surface area contributed by atoms with Crippen LogP contribution in [0.4, 0.5) is 5.69 Å². The van der Waals surface area contributed by atoms with Gasteiger partial charge in [-0.05, 0) is 30.4 Å². The highest BCUT2D eigenvalue weighted by atomic mass is 16.6. The van der Waals surface area contributed by atoms with Crippen LogP contribution in [0.25, 0.3) is 0 Å². The van der Waals surface area contributed by atoms with Crippen molar-refractivity contribution in [1.82, 2.24) is 15.1 Å². The molecule has 2 heterocycles. The number of carbonyl (C=O) groups is 1. The number of nitro groups is 1. The van der Waals surface area contributed by atoms with Gasteiger partial charge in [-0.1, -0.05) is 20.8 Å². The quantitative estimate of drug-likeness (QED) is 0.600. The summed E-state index contributed by atoms with van der Waals surface area (Å²) in [6.07, 6.45) is 2.44. The Bertz CT molecular complexity index is 823. The standard InChI is InChI=1S/C19H24N4O4/c1-19(2,3)11-16-20-21-17(27-16)14-5-4-10-22(12-14)18(24)13-6-8-15(9-7-13)23(25)26/h6-9,14H,4-5,10-12H2,1-3H3. The third-order valence-corrected chi connectivity index (χ3v) is 4.55. The summed E-state index contributed by atoms with van der Waals surface area (Å²) < 4.78 is 5.84. The van der Waals surface area contributed by atoms with E-state index in [2.05, 4.69) is 31.0 Å². The number of piperidine rings is 1. The molecule has 8 heteroatoms. The van der Waals surface area contributed by atoms with E-state index < -0.39 is 4.92 Å². The van der Waals surface area contributed by atoms with Gasteiger partial charge in [0, 0.05) is 37.2 Å². The molecule has 1 atom stereocenters. The van der Waals surface area contributed by atoms with Gasteiger partial charge < -0.3 is 9.32 Å². The fraction of sp³-hybridized carbons (Fsp3) is 0.526. The summed E-state index contributed by atoms with van der Waals surface area (Å²) in [4.78, 5) is 24.8. The molecule has 1 amide bonds. The van der Waals surface area contributed by atoms with E-state index in [1.165, 1.54) is 24.3 Å². The highest BCUT2D eigenvalue weighted by Crippen LogP contribution is 2.28. The molecule has 1 aromatic heterocycles. The first kappa shape index (κ1) is 19.0. The van der Waals surface area contributed by atoms with Crippen LogP contribution in [0, 0.1) is 15.5 Å². The Morgan fingerprint density at radius 1 is 1.30 bits per heavy atom. The molecule has 0 N–H and O–H groups in total. The van der Waals surface area contributed by atoms with Crippen LogP contribution >= 0.6 is 0 Å². The van der Waals surface area contributed by atoms with E-state index in [1.54, 1.807) is 4.90 Å². The van der Waals surface area contributed by atoms with Crippen LogP contribution in [0.15, 0.2) is 28.7 Å². The van der Waals surface area contributed by atoms with Crippen molar-refractivity contribution in [2.24, 2.45) is 5.41 Å². The Labute approximate surface area is 157 Å². The van der Waals surface area contributed by atoms with Gasteiger partial charge in [0.05, 0.1) is 10.8 Å². The summed E-state index contributed by atoms with van der Waals surface area (Å²) in [5.74, 6) is 1.08. The van der Waals surface area contributed by atoms with Crippen molar-refractivity contribution in [2.45, 2.75) is 46.0 Å². The Morgan fingerprint density at radius 3 is 2.63 bits per heavy atom. The monoisotopic (exact) mass is 372 g/mol. The third kappa shape index (κ3) is 4.69. The number of benzene rings is 1. The molecule has 0 spiro atoms. The summed E-state index contributed by atoms with van der Waals surface area (Å²) in [5, 5.41) is 19.1. The smallest absolute Gasteiger partial charge is 0.269 e. The molecule has 1 aliphatic heterocycles. The van der Waals surface area contributed by atoms with E-state index in [-0.39, 0.29) is 22.9 Å². The van der Waals surface area contributed by atoms with Crippen LogP contribution in [0.2, 0.25) is 0 Å². The number of aromatic nitrogens is 2. The first-order valence-electron chi connectivity index (χ1n) is 9.09. The van der Waals surface area contributed by atoms with Crippen molar-refractivity contribution in [2.75, 3.05) is 13.1 Å². The Morgan fingerprint density at radius 2 is 2.00 bits per heavy atom. The highest BCUT2D eigenvalue weighted by Gasteiger charge is 2.29. The average molecular weight is 372 g/mol. The van der Waals surface area contributed by atoms with Gasteiger partial charge in [-0.3, -0.25) is 14.9 Å². The lowest BCUT2D eigenvalue weighted by Crippen LogP contribution is -2.39. The van der Waals surface area contributed by atoms with Gasteiger partial charge in [-0.2, -0.15) is 0 Å².